The van der Waals surface area contributed by atoms with Crippen LogP contribution in [0.4, 0.5) is 0 Å². The summed E-state index contributed by atoms with van der Waals surface area (Å²) in [5, 5.41) is 0.969. The van der Waals surface area contributed by atoms with Crippen LogP contribution >= 0.6 is 15.9 Å². The van der Waals surface area contributed by atoms with Crippen LogP contribution in [0.25, 0.3) is 0 Å². The fraction of sp³-hybridized carbons (Fsp3) is 0.941. The first kappa shape index (κ1) is 19.9. The van der Waals surface area contributed by atoms with Crippen molar-refractivity contribution in [3.05, 3.63) is 0 Å². The van der Waals surface area contributed by atoms with Gasteiger partial charge in [0.25, 0.3) is 0 Å². The minimum atomic E-state index is -0.0121. The number of ether oxygens (including phenoxy) is 1. The molecule has 0 aromatic rings. The van der Waals surface area contributed by atoms with Gasteiger partial charge < -0.3 is 4.74 Å². The Hall–Kier alpha value is -0.0500. The lowest BCUT2D eigenvalue weighted by Gasteiger charge is -2.17. The molecule has 0 unspecified atom stereocenters. The molecule has 0 aliphatic rings. The van der Waals surface area contributed by atoms with Gasteiger partial charge in [0.05, 0.1) is 6.61 Å². The smallest absolute Gasteiger partial charge is 0.305 e. The summed E-state index contributed by atoms with van der Waals surface area (Å²) in [6.45, 7) is 5.10. The molecule has 120 valence electrons. The fourth-order valence-electron chi connectivity index (χ4n) is 2.32. The van der Waals surface area contributed by atoms with Gasteiger partial charge >= 0.3 is 5.97 Å². The largest absolute Gasteiger partial charge is 0.465 e. The molecule has 0 heterocycles. The van der Waals surface area contributed by atoms with Crippen molar-refractivity contribution >= 4 is 21.9 Å². The number of carbonyl (C=O) groups excluding carboxylic acids is 1. The Morgan fingerprint density at radius 3 is 2.05 bits per heavy atom. The van der Waals surface area contributed by atoms with E-state index in [1.807, 2.05) is 0 Å². The molecule has 0 spiro atoms. The number of unbranched alkanes of at least 4 members (excludes halogenated alkanes) is 5. The van der Waals surface area contributed by atoms with Crippen molar-refractivity contribution in [3.8, 4) is 0 Å². The lowest BCUT2D eigenvalue weighted by molar-refractivity contribution is -0.145. The zero-order valence-electron chi connectivity index (χ0n) is 13.5. The molecule has 0 aliphatic heterocycles. The van der Waals surface area contributed by atoms with E-state index in [9.17, 15) is 4.79 Å². The normalized spacial score (nSPS) is 11.0. The van der Waals surface area contributed by atoms with E-state index < -0.39 is 0 Å². The second kappa shape index (κ2) is 15.3. The van der Waals surface area contributed by atoms with Gasteiger partial charge in [-0.3, -0.25) is 4.79 Å². The third-order valence-electron chi connectivity index (χ3n) is 3.68. The number of alkyl halides is 1. The second-order valence-corrected chi connectivity index (χ2v) is 6.48. The molecule has 3 heteroatoms. The summed E-state index contributed by atoms with van der Waals surface area (Å²) >= 11 is 3.38. The molecule has 0 N–H and O–H groups in total. The van der Waals surface area contributed by atoms with Crippen LogP contribution in [-0.4, -0.2) is 17.9 Å². The maximum absolute atomic E-state index is 11.6. The monoisotopic (exact) mass is 348 g/mol. The van der Waals surface area contributed by atoms with Gasteiger partial charge in [-0.25, -0.2) is 0 Å². The second-order valence-electron chi connectivity index (χ2n) is 5.69. The topological polar surface area (TPSA) is 26.3 Å². The van der Waals surface area contributed by atoms with Crippen LogP contribution < -0.4 is 0 Å². The van der Waals surface area contributed by atoms with Crippen molar-refractivity contribution in [1.82, 2.24) is 0 Å². The van der Waals surface area contributed by atoms with Crippen molar-refractivity contribution in [2.24, 2.45) is 5.92 Å². The van der Waals surface area contributed by atoms with Crippen LogP contribution in [0.15, 0.2) is 0 Å². The predicted molar refractivity (Wildman–Crippen MR) is 90.4 cm³/mol. The molecule has 0 amide bonds. The molecule has 0 bridgehead atoms. The van der Waals surface area contributed by atoms with E-state index in [2.05, 4.69) is 29.8 Å². The molecule has 0 aliphatic carbocycles. The summed E-state index contributed by atoms with van der Waals surface area (Å²) in [5.41, 5.74) is 0. The van der Waals surface area contributed by atoms with E-state index in [1.165, 1.54) is 51.4 Å². The van der Waals surface area contributed by atoms with E-state index in [1.54, 1.807) is 0 Å². The molecule has 0 radical (unpaired) electrons. The van der Waals surface area contributed by atoms with E-state index in [0.717, 1.165) is 18.2 Å². The van der Waals surface area contributed by atoms with Crippen molar-refractivity contribution in [1.29, 1.82) is 0 Å². The van der Waals surface area contributed by atoms with E-state index in [4.69, 9.17) is 4.74 Å². The van der Waals surface area contributed by atoms with E-state index >= 15 is 0 Å². The summed E-state index contributed by atoms with van der Waals surface area (Å²) in [7, 11) is 0. The van der Waals surface area contributed by atoms with Gasteiger partial charge in [-0.2, -0.15) is 0 Å². The lowest BCUT2D eigenvalue weighted by Crippen LogP contribution is -2.14. The molecular formula is C17H33BrO2. The Morgan fingerprint density at radius 2 is 1.55 bits per heavy atom. The lowest BCUT2D eigenvalue weighted by atomic mass is 9.96. The molecular weight excluding hydrogens is 316 g/mol. The summed E-state index contributed by atoms with van der Waals surface area (Å²) in [4.78, 5) is 11.6. The first-order chi connectivity index (χ1) is 9.74. The van der Waals surface area contributed by atoms with Crippen molar-refractivity contribution in [3.63, 3.8) is 0 Å². The maximum atomic E-state index is 11.6. The third kappa shape index (κ3) is 13.0. The standard InChI is InChI=1S/C17H33BrO2/c1-3-5-7-11-16(12-8-6-4-2)15-20-17(19)13-9-10-14-18/h16H,3-15H2,1-2H3. The van der Waals surface area contributed by atoms with Gasteiger partial charge in [-0.15, -0.1) is 0 Å². The molecule has 20 heavy (non-hydrogen) atoms. The van der Waals surface area contributed by atoms with Gasteiger partial charge in [-0.05, 0) is 31.6 Å². The van der Waals surface area contributed by atoms with Gasteiger partial charge in [0.15, 0.2) is 0 Å². The number of hydrogen-bond acceptors (Lipinski definition) is 2. The Kier molecular flexibility index (Phi) is 15.3. The predicted octanol–water partition coefficient (Wildman–Crippen LogP) is 5.87. The van der Waals surface area contributed by atoms with Gasteiger partial charge in [0.1, 0.15) is 0 Å². The number of carbonyl (C=O) groups is 1. The van der Waals surface area contributed by atoms with Crippen molar-refractivity contribution < 1.29 is 9.53 Å². The van der Waals surface area contributed by atoms with Gasteiger partial charge in [0.2, 0.25) is 0 Å². The number of rotatable bonds is 14. The molecule has 0 saturated carbocycles. The highest BCUT2D eigenvalue weighted by atomic mass is 79.9. The molecule has 0 saturated heterocycles. The zero-order valence-corrected chi connectivity index (χ0v) is 15.1. The van der Waals surface area contributed by atoms with Crippen LogP contribution in [-0.2, 0) is 9.53 Å². The third-order valence-corrected chi connectivity index (χ3v) is 4.24. The maximum Gasteiger partial charge on any atom is 0.305 e. The summed E-state index contributed by atoms with van der Waals surface area (Å²) in [6, 6.07) is 0. The minimum Gasteiger partial charge on any atom is -0.465 e. The van der Waals surface area contributed by atoms with E-state index in [0.29, 0.717) is 18.9 Å². The average molecular weight is 349 g/mol. The first-order valence-corrected chi connectivity index (χ1v) is 9.58. The SMILES string of the molecule is CCCCCC(CCCCC)COC(=O)CCCCBr. The molecule has 0 rings (SSSR count). The molecule has 2 nitrogen and oxygen atoms in total. The summed E-state index contributed by atoms with van der Waals surface area (Å²) in [5.74, 6) is 0.565. The van der Waals surface area contributed by atoms with Crippen LogP contribution in [0.2, 0.25) is 0 Å². The highest BCUT2D eigenvalue weighted by Gasteiger charge is 2.11. The molecule has 0 atom stereocenters. The molecule has 0 aromatic carbocycles. The van der Waals surface area contributed by atoms with Crippen LogP contribution in [0, 0.1) is 5.92 Å². The van der Waals surface area contributed by atoms with Crippen LogP contribution in [0.3, 0.4) is 0 Å². The van der Waals surface area contributed by atoms with Gasteiger partial charge in [-0.1, -0.05) is 68.3 Å². The fourth-order valence-corrected chi connectivity index (χ4v) is 2.72. The first-order valence-electron chi connectivity index (χ1n) is 8.46. The Morgan fingerprint density at radius 1 is 0.950 bits per heavy atom. The Labute approximate surface area is 134 Å². The van der Waals surface area contributed by atoms with Gasteiger partial charge in [0, 0.05) is 11.8 Å². The van der Waals surface area contributed by atoms with Crippen LogP contribution in [0.1, 0.15) is 84.5 Å². The number of halogens is 1. The average Bonchev–Trinajstić information content (AvgIpc) is 2.45. The molecule has 0 fully saturated rings. The summed E-state index contributed by atoms with van der Waals surface area (Å²) in [6.07, 6.45) is 12.6. The Balaban J connectivity index is 3.84. The van der Waals surface area contributed by atoms with E-state index in [-0.39, 0.29) is 5.97 Å². The van der Waals surface area contributed by atoms with Crippen molar-refractivity contribution in [2.75, 3.05) is 11.9 Å². The van der Waals surface area contributed by atoms with Crippen LogP contribution in [0.5, 0.6) is 0 Å². The molecule has 0 aromatic heterocycles. The summed E-state index contributed by atoms with van der Waals surface area (Å²) < 4.78 is 5.46. The Bertz CT molecular complexity index is 209. The minimum absolute atomic E-state index is 0.0121. The number of hydrogen-bond donors (Lipinski definition) is 0. The zero-order chi connectivity index (χ0) is 15.1. The van der Waals surface area contributed by atoms with Crippen molar-refractivity contribution in [2.45, 2.75) is 84.5 Å². The quantitative estimate of drug-likeness (QED) is 0.223. The highest BCUT2D eigenvalue weighted by Crippen LogP contribution is 2.18. The highest BCUT2D eigenvalue weighted by molar-refractivity contribution is 9.09. The number of esters is 1.